The van der Waals surface area contributed by atoms with Crippen LogP contribution in [0.15, 0.2) is 82.1 Å². The molecule has 3 aromatic carbocycles. The van der Waals surface area contributed by atoms with Gasteiger partial charge in [0.05, 0.1) is 21.2 Å². The van der Waals surface area contributed by atoms with Crippen molar-refractivity contribution in [2.75, 3.05) is 0 Å². The van der Waals surface area contributed by atoms with E-state index >= 15 is 0 Å². The molecule has 0 bridgehead atoms. The average molecular weight is 500 g/mol. The molecular weight excluding hydrogens is 481 g/mol. The number of phenolic OH excluding ortho intramolecular Hbond substituents is 1. The highest BCUT2D eigenvalue weighted by atomic mass is 32.1. The maximum absolute atomic E-state index is 13.8. The highest BCUT2D eigenvalue weighted by Gasteiger charge is 2.32. The normalized spacial score (nSPS) is 16.7. The van der Waals surface area contributed by atoms with E-state index in [1.807, 2.05) is 18.2 Å². The lowest BCUT2D eigenvalue weighted by Crippen LogP contribution is -2.38. The molecule has 0 radical (unpaired) electrons. The molecule has 0 saturated carbocycles. The fourth-order valence-corrected chi connectivity index (χ4v) is 5.90. The molecule has 6 rings (SSSR count). The summed E-state index contributed by atoms with van der Waals surface area (Å²) in [6.07, 6.45) is 3.09. The molecule has 2 aliphatic rings. The number of nitro benzene ring substituents is 1. The number of nitro groups is 1. The third-order valence-electron chi connectivity index (χ3n) is 6.55. The number of allylic oxidation sites excluding steroid dienone is 1. The largest absolute Gasteiger partial charge is 0.502 e. The standard InChI is InChI=1S/C27H18FN3O4S/c28-18-9-6-17(7-10-18)25-20-11-8-16-3-1-2-4-19(16)24(20)29-27-30(25)26(33)23(36-27)14-15-5-12-22(32)21(13-15)31(34)35/h1-7,9-10,12-14,25,32H,8,11H2/b23-14+/t25-/m1/s1. The maximum Gasteiger partial charge on any atom is 0.311 e. The zero-order chi connectivity index (χ0) is 25.0. The molecule has 1 aromatic heterocycles. The Morgan fingerprint density at radius 3 is 2.67 bits per heavy atom. The van der Waals surface area contributed by atoms with Crippen LogP contribution >= 0.6 is 11.3 Å². The van der Waals surface area contributed by atoms with E-state index in [-0.39, 0.29) is 11.4 Å². The van der Waals surface area contributed by atoms with Crippen LogP contribution in [0.5, 0.6) is 5.75 Å². The van der Waals surface area contributed by atoms with Crippen molar-refractivity contribution in [2.45, 2.75) is 18.9 Å². The van der Waals surface area contributed by atoms with Gasteiger partial charge in [-0.2, -0.15) is 0 Å². The van der Waals surface area contributed by atoms with E-state index in [0.717, 1.165) is 28.8 Å². The number of benzene rings is 3. The summed E-state index contributed by atoms with van der Waals surface area (Å²) in [5, 5.41) is 21.0. The Bertz CT molecular complexity index is 1770. The number of halogens is 1. The second-order valence-corrected chi connectivity index (χ2v) is 9.68. The fourth-order valence-electron chi connectivity index (χ4n) is 4.90. The van der Waals surface area contributed by atoms with Crippen molar-refractivity contribution in [1.82, 2.24) is 4.57 Å². The Morgan fingerprint density at radius 2 is 1.89 bits per heavy atom. The third kappa shape index (κ3) is 3.56. The van der Waals surface area contributed by atoms with E-state index in [1.54, 1.807) is 22.8 Å². The predicted octanol–water partition coefficient (Wildman–Crippen LogP) is 4.07. The Morgan fingerprint density at radius 1 is 1.11 bits per heavy atom. The van der Waals surface area contributed by atoms with Crippen LogP contribution in [0.3, 0.4) is 0 Å². The summed E-state index contributed by atoms with van der Waals surface area (Å²) in [7, 11) is 0. The average Bonchev–Trinajstić information content (AvgIpc) is 3.18. The summed E-state index contributed by atoms with van der Waals surface area (Å²) in [5.74, 6) is -0.801. The second kappa shape index (κ2) is 8.39. The van der Waals surface area contributed by atoms with E-state index in [1.165, 1.54) is 47.2 Å². The first kappa shape index (κ1) is 22.1. The van der Waals surface area contributed by atoms with Gasteiger partial charge in [-0.05, 0) is 59.4 Å². The van der Waals surface area contributed by atoms with Crippen LogP contribution in [0.25, 0.3) is 11.8 Å². The Labute approximate surface area is 207 Å². The van der Waals surface area contributed by atoms with Gasteiger partial charge in [0.1, 0.15) is 5.82 Å². The molecule has 0 amide bonds. The number of aromatic hydroxyl groups is 1. The van der Waals surface area contributed by atoms with Crippen LogP contribution in [-0.2, 0) is 6.42 Å². The van der Waals surface area contributed by atoms with Crippen LogP contribution in [0.2, 0.25) is 0 Å². The van der Waals surface area contributed by atoms with Crippen molar-refractivity contribution in [2.24, 2.45) is 4.99 Å². The number of thiazole rings is 1. The number of fused-ring (bicyclic) bond motifs is 3. The van der Waals surface area contributed by atoms with Gasteiger partial charge < -0.3 is 5.11 Å². The second-order valence-electron chi connectivity index (χ2n) is 8.67. The van der Waals surface area contributed by atoms with E-state index in [4.69, 9.17) is 4.99 Å². The first-order chi connectivity index (χ1) is 17.4. The molecule has 7 nitrogen and oxygen atoms in total. The van der Waals surface area contributed by atoms with Gasteiger partial charge in [-0.15, -0.1) is 0 Å². The van der Waals surface area contributed by atoms with Crippen LogP contribution in [0.4, 0.5) is 10.1 Å². The van der Waals surface area contributed by atoms with Gasteiger partial charge in [0.25, 0.3) is 5.56 Å². The molecule has 36 heavy (non-hydrogen) atoms. The summed E-state index contributed by atoms with van der Waals surface area (Å²) >= 11 is 1.19. The van der Waals surface area contributed by atoms with Crippen molar-refractivity contribution in [3.05, 3.63) is 130 Å². The molecule has 1 aliphatic heterocycles. The van der Waals surface area contributed by atoms with E-state index in [2.05, 4.69) is 6.07 Å². The van der Waals surface area contributed by atoms with Crippen LogP contribution < -0.4 is 14.9 Å². The minimum absolute atomic E-state index is 0.283. The first-order valence-corrected chi connectivity index (χ1v) is 12.1. The lowest BCUT2D eigenvalue weighted by atomic mass is 9.83. The van der Waals surface area contributed by atoms with Gasteiger partial charge >= 0.3 is 5.69 Å². The molecule has 4 aromatic rings. The van der Waals surface area contributed by atoms with E-state index in [0.29, 0.717) is 21.3 Å². The molecule has 0 unspecified atom stereocenters. The number of aryl methyl sites for hydroxylation is 1. The van der Waals surface area contributed by atoms with Gasteiger partial charge in [-0.1, -0.05) is 53.8 Å². The summed E-state index contributed by atoms with van der Waals surface area (Å²) in [6, 6.07) is 17.8. The Balaban J connectivity index is 1.60. The van der Waals surface area contributed by atoms with E-state index in [9.17, 15) is 24.4 Å². The predicted molar refractivity (Wildman–Crippen MR) is 134 cm³/mol. The van der Waals surface area contributed by atoms with Crippen LogP contribution in [0.1, 0.15) is 34.7 Å². The number of aromatic nitrogens is 1. The molecule has 1 N–H and O–H groups in total. The molecule has 1 aliphatic carbocycles. The van der Waals surface area contributed by atoms with Crippen LogP contribution in [-0.4, -0.2) is 14.6 Å². The number of hydrogen-bond acceptors (Lipinski definition) is 6. The summed E-state index contributed by atoms with van der Waals surface area (Å²) in [6.45, 7) is 0. The monoisotopic (exact) mass is 499 g/mol. The molecule has 0 fully saturated rings. The van der Waals surface area contributed by atoms with E-state index < -0.39 is 22.4 Å². The number of hydrogen-bond donors (Lipinski definition) is 1. The van der Waals surface area contributed by atoms with Gasteiger partial charge in [0.2, 0.25) is 0 Å². The fraction of sp³-hybridized carbons (Fsp3) is 0.111. The quantitative estimate of drug-likeness (QED) is 0.339. The lowest BCUT2D eigenvalue weighted by molar-refractivity contribution is -0.385. The first-order valence-electron chi connectivity index (χ1n) is 11.3. The van der Waals surface area contributed by atoms with Crippen molar-refractivity contribution in [3.8, 4) is 5.75 Å². The minimum Gasteiger partial charge on any atom is -0.502 e. The SMILES string of the molecule is O=c1/c(=C\c2ccc(O)c([N+](=O)[O-])c2)sc2n1[C@H](c1ccc(F)cc1)C1=C(N=2)c2ccccc2CC1. The number of nitrogens with zero attached hydrogens (tertiary/aromatic N) is 3. The third-order valence-corrected chi connectivity index (χ3v) is 7.54. The van der Waals surface area contributed by atoms with Crippen molar-refractivity contribution >= 4 is 28.8 Å². The van der Waals surface area contributed by atoms with Gasteiger partial charge in [-0.3, -0.25) is 19.5 Å². The molecule has 178 valence electrons. The van der Waals surface area contributed by atoms with Crippen molar-refractivity contribution in [1.29, 1.82) is 0 Å². The molecule has 0 spiro atoms. The van der Waals surface area contributed by atoms with Gasteiger partial charge in [-0.25, -0.2) is 9.38 Å². The summed E-state index contributed by atoms with van der Waals surface area (Å²) in [4.78, 5) is 29.7. The van der Waals surface area contributed by atoms with Crippen molar-refractivity contribution < 1.29 is 14.4 Å². The Kier molecular flexibility index (Phi) is 5.15. The summed E-state index contributed by atoms with van der Waals surface area (Å²) in [5.41, 5.74) is 4.52. The number of rotatable bonds is 3. The number of phenols is 1. The smallest absolute Gasteiger partial charge is 0.311 e. The van der Waals surface area contributed by atoms with Crippen LogP contribution in [0, 0.1) is 15.9 Å². The lowest BCUT2D eigenvalue weighted by Gasteiger charge is -2.30. The molecular formula is C27H18FN3O4S. The zero-order valence-electron chi connectivity index (χ0n) is 18.7. The highest BCUT2D eigenvalue weighted by molar-refractivity contribution is 7.07. The molecule has 9 heteroatoms. The topological polar surface area (TPSA) is 97.7 Å². The highest BCUT2D eigenvalue weighted by Crippen LogP contribution is 2.41. The molecule has 1 atom stereocenters. The van der Waals surface area contributed by atoms with Gasteiger partial charge in [0, 0.05) is 11.6 Å². The summed E-state index contributed by atoms with van der Waals surface area (Å²) < 4.78 is 15.7. The zero-order valence-corrected chi connectivity index (χ0v) is 19.5. The van der Waals surface area contributed by atoms with Gasteiger partial charge in [0.15, 0.2) is 10.6 Å². The Hall–Kier alpha value is -4.37. The van der Waals surface area contributed by atoms with Crippen molar-refractivity contribution in [3.63, 3.8) is 0 Å². The maximum atomic E-state index is 13.8. The molecule has 0 saturated heterocycles. The minimum atomic E-state index is -0.672. The molecule has 2 heterocycles.